The minimum Gasteiger partial charge on any atom is -0.334 e. The molecule has 20 heavy (non-hydrogen) atoms. The highest BCUT2D eigenvalue weighted by atomic mass is 16.5. The number of hydrogen-bond acceptors (Lipinski definition) is 5. The van der Waals surface area contributed by atoms with Gasteiger partial charge in [0.05, 0.1) is 23.0 Å². The van der Waals surface area contributed by atoms with Crippen molar-refractivity contribution in [3.8, 4) is 17.1 Å². The lowest BCUT2D eigenvalue weighted by Gasteiger charge is -2.11. The summed E-state index contributed by atoms with van der Waals surface area (Å²) in [4.78, 5) is 4.30. The molecule has 0 bridgehead atoms. The molecule has 2 N–H and O–H groups in total. The van der Waals surface area contributed by atoms with Crippen molar-refractivity contribution in [2.24, 2.45) is 5.73 Å². The summed E-state index contributed by atoms with van der Waals surface area (Å²) in [6, 6.07) is 9.82. The third-order valence-corrected chi connectivity index (χ3v) is 2.85. The van der Waals surface area contributed by atoms with Crippen LogP contribution in [0.4, 0.5) is 0 Å². The molecule has 102 valence electrons. The zero-order chi connectivity index (χ0) is 14.2. The standard InChI is InChI=1S/C14H15N5O/c1-14(2,15)13-17-12(20-18-13)10-8-16-19(9-10)11-6-4-3-5-7-11/h3-9H,15H2,1-2H3. The van der Waals surface area contributed by atoms with Crippen molar-refractivity contribution in [2.45, 2.75) is 19.4 Å². The van der Waals surface area contributed by atoms with Gasteiger partial charge < -0.3 is 10.3 Å². The van der Waals surface area contributed by atoms with Crippen molar-refractivity contribution in [1.82, 2.24) is 19.9 Å². The van der Waals surface area contributed by atoms with Crippen LogP contribution in [0, 0.1) is 0 Å². The Hall–Kier alpha value is -2.47. The monoisotopic (exact) mass is 269 g/mol. The molecule has 0 fully saturated rings. The van der Waals surface area contributed by atoms with E-state index < -0.39 is 5.54 Å². The average Bonchev–Trinajstić information content (AvgIpc) is 3.08. The molecule has 0 aliphatic heterocycles. The number of para-hydroxylation sites is 1. The van der Waals surface area contributed by atoms with Crippen molar-refractivity contribution in [1.29, 1.82) is 0 Å². The number of nitrogens with zero attached hydrogens (tertiary/aromatic N) is 4. The van der Waals surface area contributed by atoms with Crippen molar-refractivity contribution in [2.75, 3.05) is 0 Å². The van der Waals surface area contributed by atoms with Crippen LogP contribution < -0.4 is 5.73 Å². The molecule has 0 atom stereocenters. The maximum Gasteiger partial charge on any atom is 0.261 e. The van der Waals surface area contributed by atoms with E-state index in [0.717, 1.165) is 11.3 Å². The van der Waals surface area contributed by atoms with Crippen LogP contribution in [0.3, 0.4) is 0 Å². The van der Waals surface area contributed by atoms with Crippen molar-refractivity contribution < 1.29 is 4.52 Å². The van der Waals surface area contributed by atoms with Gasteiger partial charge in [0.2, 0.25) is 0 Å². The van der Waals surface area contributed by atoms with Crippen LogP contribution in [0.15, 0.2) is 47.2 Å². The van der Waals surface area contributed by atoms with Gasteiger partial charge in [-0.2, -0.15) is 10.1 Å². The maximum absolute atomic E-state index is 5.94. The summed E-state index contributed by atoms with van der Waals surface area (Å²) >= 11 is 0. The SMILES string of the molecule is CC(C)(N)c1noc(-c2cnn(-c3ccccc3)c2)n1. The second kappa shape index (κ2) is 4.57. The first kappa shape index (κ1) is 12.6. The van der Waals surface area contributed by atoms with E-state index in [1.165, 1.54) is 0 Å². The number of nitrogens with two attached hydrogens (primary N) is 1. The Morgan fingerprint density at radius 1 is 1.20 bits per heavy atom. The van der Waals surface area contributed by atoms with Crippen molar-refractivity contribution >= 4 is 0 Å². The molecule has 6 nitrogen and oxygen atoms in total. The Balaban J connectivity index is 1.93. The Labute approximate surface area is 116 Å². The molecule has 0 unspecified atom stereocenters. The van der Waals surface area contributed by atoms with Crippen molar-refractivity contribution in [3.05, 3.63) is 48.5 Å². The third-order valence-electron chi connectivity index (χ3n) is 2.85. The van der Waals surface area contributed by atoms with Gasteiger partial charge in [0.15, 0.2) is 5.82 Å². The summed E-state index contributed by atoms with van der Waals surface area (Å²) in [5.41, 5.74) is 7.04. The van der Waals surface area contributed by atoms with E-state index in [0.29, 0.717) is 11.7 Å². The van der Waals surface area contributed by atoms with Gasteiger partial charge in [-0.1, -0.05) is 23.4 Å². The van der Waals surface area contributed by atoms with E-state index in [1.807, 2.05) is 50.4 Å². The van der Waals surface area contributed by atoms with E-state index in [-0.39, 0.29) is 0 Å². The number of benzene rings is 1. The fourth-order valence-electron chi connectivity index (χ4n) is 1.76. The second-order valence-corrected chi connectivity index (χ2v) is 5.15. The smallest absolute Gasteiger partial charge is 0.261 e. The number of hydrogen-bond donors (Lipinski definition) is 1. The Morgan fingerprint density at radius 3 is 2.60 bits per heavy atom. The first-order chi connectivity index (χ1) is 9.54. The van der Waals surface area contributed by atoms with Crippen LogP contribution in [-0.4, -0.2) is 19.9 Å². The van der Waals surface area contributed by atoms with Crippen LogP contribution in [0.2, 0.25) is 0 Å². The molecular weight excluding hydrogens is 254 g/mol. The zero-order valence-electron chi connectivity index (χ0n) is 11.3. The van der Waals surface area contributed by atoms with E-state index in [1.54, 1.807) is 10.9 Å². The minimum absolute atomic E-state index is 0.417. The summed E-state index contributed by atoms with van der Waals surface area (Å²) in [5, 5.41) is 8.19. The molecule has 6 heteroatoms. The Kier molecular flexibility index (Phi) is 2.87. The predicted molar refractivity (Wildman–Crippen MR) is 74.1 cm³/mol. The van der Waals surface area contributed by atoms with Gasteiger partial charge in [-0.25, -0.2) is 4.68 Å². The lowest BCUT2D eigenvalue weighted by Crippen LogP contribution is -2.30. The van der Waals surface area contributed by atoms with E-state index >= 15 is 0 Å². The normalized spacial score (nSPS) is 11.8. The lowest BCUT2D eigenvalue weighted by molar-refractivity contribution is 0.397. The lowest BCUT2D eigenvalue weighted by atomic mass is 10.1. The molecule has 0 radical (unpaired) electrons. The van der Waals surface area contributed by atoms with Crippen LogP contribution in [0.1, 0.15) is 19.7 Å². The van der Waals surface area contributed by atoms with Crippen LogP contribution >= 0.6 is 0 Å². The first-order valence-corrected chi connectivity index (χ1v) is 6.27. The highest BCUT2D eigenvalue weighted by Crippen LogP contribution is 2.21. The van der Waals surface area contributed by atoms with Gasteiger partial charge >= 0.3 is 0 Å². The molecule has 0 spiro atoms. The summed E-state index contributed by atoms with van der Waals surface area (Å²) in [6.07, 6.45) is 3.53. The van der Waals surface area contributed by atoms with Gasteiger partial charge in [-0.15, -0.1) is 0 Å². The average molecular weight is 269 g/mol. The summed E-state index contributed by atoms with van der Waals surface area (Å²) in [5.74, 6) is 0.890. The Morgan fingerprint density at radius 2 is 1.95 bits per heavy atom. The predicted octanol–water partition coefficient (Wildman–Crippen LogP) is 2.12. The van der Waals surface area contributed by atoms with Gasteiger partial charge in [-0.05, 0) is 26.0 Å². The Bertz CT molecular complexity index is 709. The molecule has 3 rings (SSSR count). The van der Waals surface area contributed by atoms with E-state index in [4.69, 9.17) is 10.3 Å². The second-order valence-electron chi connectivity index (χ2n) is 5.15. The summed E-state index contributed by atoms with van der Waals surface area (Å²) < 4.78 is 6.99. The first-order valence-electron chi connectivity index (χ1n) is 6.27. The molecule has 3 aromatic rings. The summed E-state index contributed by atoms with van der Waals surface area (Å²) in [6.45, 7) is 3.66. The zero-order valence-corrected chi connectivity index (χ0v) is 11.3. The molecule has 0 saturated heterocycles. The van der Waals surface area contributed by atoms with Crippen LogP contribution in [-0.2, 0) is 5.54 Å². The molecule has 2 heterocycles. The fraction of sp³-hybridized carbons (Fsp3) is 0.214. The molecule has 1 aromatic carbocycles. The summed E-state index contributed by atoms with van der Waals surface area (Å²) in [7, 11) is 0. The highest BCUT2D eigenvalue weighted by molar-refractivity contribution is 5.51. The van der Waals surface area contributed by atoms with Crippen molar-refractivity contribution in [3.63, 3.8) is 0 Å². The van der Waals surface area contributed by atoms with E-state index in [2.05, 4.69) is 15.2 Å². The molecule has 0 amide bonds. The highest BCUT2D eigenvalue weighted by Gasteiger charge is 2.22. The molecular formula is C14H15N5O. The quantitative estimate of drug-likeness (QED) is 0.787. The van der Waals surface area contributed by atoms with Gasteiger partial charge in [-0.3, -0.25) is 0 Å². The van der Waals surface area contributed by atoms with Crippen LogP contribution in [0.5, 0.6) is 0 Å². The molecule has 2 aromatic heterocycles. The minimum atomic E-state index is -0.628. The topological polar surface area (TPSA) is 82.8 Å². The molecule has 0 saturated carbocycles. The largest absolute Gasteiger partial charge is 0.334 e. The third kappa shape index (κ3) is 2.33. The van der Waals surface area contributed by atoms with Gasteiger partial charge in [0, 0.05) is 6.20 Å². The van der Waals surface area contributed by atoms with Crippen LogP contribution in [0.25, 0.3) is 17.1 Å². The fourth-order valence-corrected chi connectivity index (χ4v) is 1.76. The maximum atomic E-state index is 5.94. The van der Waals surface area contributed by atoms with Gasteiger partial charge in [0.1, 0.15) is 0 Å². The molecule has 0 aliphatic carbocycles. The van der Waals surface area contributed by atoms with E-state index in [9.17, 15) is 0 Å². The number of rotatable bonds is 3. The van der Waals surface area contributed by atoms with Gasteiger partial charge in [0.25, 0.3) is 5.89 Å². The molecule has 0 aliphatic rings. The number of aromatic nitrogens is 4.